The molecule has 0 bridgehead atoms. The van der Waals surface area contributed by atoms with E-state index in [9.17, 15) is 4.57 Å². The second kappa shape index (κ2) is 6.58. The molecule has 0 saturated heterocycles. The maximum Gasteiger partial charge on any atom is 0.205 e. The second-order valence-corrected chi connectivity index (χ2v) is 6.31. The van der Waals surface area contributed by atoms with Crippen molar-refractivity contribution in [1.82, 2.24) is 0 Å². The number of rotatable bonds is 7. The average Bonchev–Trinajstić information content (AvgIpc) is 2.14. The van der Waals surface area contributed by atoms with Crippen molar-refractivity contribution in [3.63, 3.8) is 0 Å². The van der Waals surface area contributed by atoms with E-state index in [0.717, 1.165) is 12.8 Å². The van der Waals surface area contributed by atoms with E-state index in [1.54, 1.807) is 0 Å². The smallest absolute Gasteiger partial charge is 0.205 e. The van der Waals surface area contributed by atoms with Crippen molar-refractivity contribution in [2.45, 2.75) is 39.3 Å². The van der Waals surface area contributed by atoms with Crippen LogP contribution >= 0.6 is 7.37 Å². The van der Waals surface area contributed by atoms with Crippen molar-refractivity contribution in [3.8, 4) is 0 Å². The van der Waals surface area contributed by atoms with Crippen molar-refractivity contribution in [1.29, 1.82) is 0 Å². The second-order valence-electron chi connectivity index (χ2n) is 3.27. The molecule has 0 saturated carbocycles. The summed E-state index contributed by atoms with van der Waals surface area (Å²) in [6.45, 7) is 7.04. The summed E-state index contributed by atoms with van der Waals surface area (Å²) >= 11 is 0. The Morgan fingerprint density at radius 2 is 2.08 bits per heavy atom. The van der Waals surface area contributed by atoms with Crippen molar-refractivity contribution in [2.24, 2.45) is 5.73 Å². The summed E-state index contributed by atoms with van der Waals surface area (Å²) in [5.74, 6) is 0. The molecule has 80 valence electrons. The first-order valence-electron chi connectivity index (χ1n) is 5.04. The van der Waals surface area contributed by atoms with Crippen LogP contribution in [0.2, 0.25) is 0 Å². The molecule has 0 aromatic carbocycles. The van der Waals surface area contributed by atoms with Crippen LogP contribution in [0.5, 0.6) is 0 Å². The molecular formula is C9H22NO2P. The zero-order chi connectivity index (χ0) is 10.3. The quantitative estimate of drug-likeness (QED) is 0.652. The zero-order valence-electron chi connectivity index (χ0n) is 8.95. The summed E-state index contributed by atoms with van der Waals surface area (Å²) in [6, 6.07) is 0. The van der Waals surface area contributed by atoms with Gasteiger partial charge in [-0.15, -0.1) is 0 Å². The summed E-state index contributed by atoms with van der Waals surface area (Å²) in [5, 5.41) is 0. The van der Waals surface area contributed by atoms with Crippen molar-refractivity contribution < 1.29 is 9.09 Å². The van der Waals surface area contributed by atoms with Gasteiger partial charge in [-0.2, -0.15) is 0 Å². The third kappa shape index (κ3) is 4.26. The van der Waals surface area contributed by atoms with E-state index in [4.69, 9.17) is 10.3 Å². The number of nitrogens with two attached hydrogens (primary N) is 1. The first-order valence-corrected chi connectivity index (χ1v) is 6.92. The van der Waals surface area contributed by atoms with E-state index >= 15 is 0 Å². The third-order valence-electron chi connectivity index (χ3n) is 2.28. The van der Waals surface area contributed by atoms with Crippen molar-refractivity contribution in [3.05, 3.63) is 0 Å². The van der Waals surface area contributed by atoms with Gasteiger partial charge in [0, 0.05) is 11.8 Å². The fourth-order valence-corrected chi connectivity index (χ4v) is 3.66. The van der Waals surface area contributed by atoms with E-state index < -0.39 is 7.37 Å². The Labute approximate surface area is 81.5 Å². The summed E-state index contributed by atoms with van der Waals surface area (Å²) < 4.78 is 17.6. The Morgan fingerprint density at radius 1 is 1.46 bits per heavy atom. The van der Waals surface area contributed by atoms with E-state index in [1.807, 2.05) is 20.8 Å². The van der Waals surface area contributed by atoms with Crippen molar-refractivity contribution >= 4 is 7.37 Å². The molecule has 2 N–H and O–H groups in total. The maximum atomic E-state index is 12.2. The van der Waals surface area contributed by atoms with Crippen LogP contribution in [0, 0.1) is 0 Å². The lowest BCUT2D eigenvalue weighted by Gasteiger charge is -2.23. The highest BCUT2D eigenvalue weighted by Gasteiger charge is 2.28. The van der Waals surface area contributed by atoms with Gasteiger partial charge in [0.25, 0.3) is 0 Å². The lowest BCUT2D eigenvalue weighted by atomic mass is 10.4. The topological polar surface area (TPSA) is 52.3 Å². The fourth-order valence-electron chi connectivity index (χ4n) is 1.22. The lowest BCUT2D eigenvalue weighted by Crippen LogP contribution is -2.11. The minimum Gasteiger partial charge on any atom is -0.330 e. The highest BCUT2D eigenvalue weighted by molar-refractivity contribution is 7.59. The van der Waals surface area contributed by atoms with Crippen LogP contribution in [0.15, 0.2) is 0 Å². The molecule has 0 aliphatic rings. The minimum absolute atomic E-state index is 0.166. The van der Waals surface area contributed by atoms with Crippen LogP contribution in [-0.2, 0) is 9.09 Å². The maximum absolute atomic E-state index is 12.2. The first kappa shape index (κ1) is 13.2. The highest BCUT2D eigenvalue weighted by atomic mass is 31.2. The van der Waals surface area contributed by atoms with Crippen LogP contribution in [-0.4, -0.2) is 25.0 Å². The SMILES string of the molecule is CCOP(=O)(CCCN)C(C)CC. The molecule has 4 heteroatoms. The molecule has 0 radical (unpaired) electrons. The summed E-state index contributed by atoms with van der Waals surface area (Å²) in [4.78, 5) is 0. The molecular weight excluding hydrogens is 185 g/mol. The van der Waals surface area contributed by atoms with Crippen LogP contribution in [0.25, 0.3) is 0 Å². The fraction of sp³-hybridized carbons (Fsp3) is 1.00. The molecule has 0 aliphatic carbocycles. The van der Waals surface area contributed by atoms with Gasteiger partial charge in [-0.25, -0.2) is 0 Å². The molecule has 13 heavy (non-hydrogen) atoms. The van der Waals surface area contributed by atoms with Gasteiger partial charge in [-0.3, -0.25) is 4.57 Å². The third-order valence-corrected chi connectivity index (χ3v) is 5.63. The minimum atomic E-state index is -2.41. The van der Waals surface area contributed by atoms with Gasteiger partial charge in [-0.05, 0) is 26.3 Å². The standard InChI is InChI=1S/C9H22NO2P/c1-4-9(3)13(11,12-5-2)8-6-7-10/h9H,4-8,10H2,1-3H3. The van der Waals surface area contributed by atoms with Crippen LogP contribution in [0.4, 0.5) is 0 Å². The molecule has 3 nitrogen and oxygen atoms in total. The molecule has 0 aromatic rings. The molecule has 2 unspecified atom stereocenters. The Bertz CT molecular complexity index is 173. The summed E-state index contributed by atoms with van der Waals surface area (Å²) in [7, 11) is -2.41. The Kier molecular flexibility index (Phi) is 6.66. The van der Waals surface area contributed by atoms with E-state index in [2.05, 4.69) is 0 Å². The molecule has 0 spiro atoms. The molecule has 0 aromatic heterocycles. The summed E-state index contributed by atoms with van der Waals surface area (Å²) in [5.41, 5.74) is 5.56. The van der Waals surface area contributed by atoms with Gasteiger partial charge in [0.1, 0.15) is 0 Å². The largest absolute Gasteiger partial charge is 0.330 e. The molecule has 0 rings (SSSR count). The molecule has 2 atom stereocenters. The van der Waals surface area contributed by atoms with Gasteiger partial charge >= 0.3 is 0 Å². The van der Waals surface area contributed by atoms with Crippen LogP contribution < -0.4 is 5.73 Å². The van der Waals surface area contributed by atoms with E-state index in [1.165, 1.54) is 0 Å². The first-order chi connectivity index (χ1) is 6.10. The molecule has 0 amide bonds. The van der Waals surface area contributed by atoms with Gasteiger partial charge in [0.2, 0.25) is 7.37 Å². The summed E-state index contributed by atoms with van der Waals surface area (Å²) in [6.07, 6.45) is 2.33. The highest BCUT2D eigenvalue weighted by Crippen LogP contribution is 2.53. The Hall–Kier alpha value is 0.150. The van der Waals surface area contributed by atoms with Gasteiger partial charge in [-0.1, -0.05) is 13.8 Å². The molecule has 0 heterocycles. The Balaban J connectivity index is 4.24. The van der Waals surface area contributed by atoms with Gasteiger partial charge < -0.3 is 10.3 Å². The van der Waals surface area contributed by atoms with Crippen LogP contribution in [0.1, 0.15) is 33.6 Å². The Morgan fingerprint density at radius 3 is 2.46 bits per heavy atom. The predicted molar refractivity (Wildman–Crippen MR) is 57.5 cm³/mol. The normalized spacial score (nSPS) is 18.2. The molecule has 0 aliphatic heterocycles. The van der Waals surface area contributed by atoms with E-state index in [-0.39, 0.29) is 5.66 Å². The predicted octanol–water partition coefficient (Wildman–Crippen LogP) is 2.45. The van der Waals surface area contributed by atoms with Gasteiger partial charge in [0.15, 0.2) is 0 Å². The van der Waals surface area contributed by atoms with E-state index in [0.29, 0.717) is 19.3 Å². The van der Waals surface area contributed by atoms with Crippen molar-refractivity contribution in [2.75, 3.05) is 19.3 Å². The number of hydrogen-bond acceptors (Lipinski definition) is 3. The number of hydrogen-bond donors (Lipinski definition) is 1. The molecule has 0 fully saturated rings. The monoisotopic (exact) mass is 207 g/mol. The zero-order valence-corrected chi connectivity index (χ0v) is 9.85. The average molecular weight is 207 g/mol. The van der Waals surface area contributed by atoms with Crippen LogP contribution in [0.3, 0.4) is 0 Å². The van der Waals surface area contributed by atoms with Gasteiger partial charge in [0.05, 0.1) is 6.61 Å². The lowest BCUT2D eigenvalue weighted by molar-refractivity contribution is 0.325.